The summed E-state index contributed by atoms with van der Waals surface area (Å²) < 4.78 is 17.5. The Bertz CT molecular complexity index is 1420. The SMILES string of the molecule is COc1cc(OC)c2c(=O)cc(-c3ccccc3Cl)oc2c1[C@@H]1CCN(C)[C@H]1CO.N[C@@H](CCC(=O)O)C(=O)O. The van der Waals surface area contributed by atoms with Crippen molar-refractivity contribution in [3.63, 3.8) is 0 Å². The zero-order valence-corrected chi connectivity index (χ0v) is 23.2. The van der Waals surface area contributed by atoms with Crippen LogP contribution >= 0.6 is 11.6 Å². The summed E-state index contributed by atoms with van der Waals surface area (Å²) in [6, 6.07) is 9.21. The number of fused-ring (bicyclic) bond motifs is 1. The minimum Gasteiger partial charge on any atom is -0.496 e. The normalized spacial score (nSPS) is 17.6. The Labute approximate surface area is 235 Å². The van der Waals surface area contributed by atoms with Gasteiger partial charge in [-0.05, 0) is 38.6 Å². The average Bonchev–Trinajstić information content (AvgIpc) is 3.30. The van der Waals surface area contributed by atoms with Crippen LogP contribution in [-0.2, 0) is 9.59 Å². The predicted octanol–water partition coefficient (Wildman–Crippen LogP) is 3.17. The molecule has 0 saturated carbocycles. The molecule has 0 spiro atoms. The second-order valence-electron chi connectivity index (χ2n) is 9.36. The first kappa shape index (κ1) is 30.9. The van der Waals surface area contributed by atoms with Crippen LogP contribution in [0.15, 0.2) is 45.6 Å². The van der Waals surface area contributed by atoms with Crippen molar-refractivity contribution in [1.82, 2.24) is 4.90 Å². The predicted molar refractivity (Wildman–Crippen MR) is 149 cm³/mol. The van der Waals surface area contributed by atoms with E-state index in [4.69, 9.17) is 41.4 Å². The standard InChI is InChI=1S/C23H24ClNO5.C5H9NO4/c1-25-9-8-14(16(25)12-26)21-19(28-2)11-20(29-3)22-17(27)10-18(30-23(21)22)13-6-4-5-7-15(13)24;6-3(5(9)10)1-2-4(7)8/h4-7,10-11,14,16,26H,8-9,12H2,1-3H3;3H,1-2,6H2,(H,7,8)(H,9,10)/t14-,16+;3-/m10/s1. The van der Waals surface area contributed by atoms with Gasteiger partial charge in [-0.3, -0.25) is 14.4 Å². The van der Waals surface area contributed by atoms with Gasteiger partial charge in [0, 0.05) is 41.6 Å². The molecule has 4 rings (SSSR count). The Hall–Kier alpha value is -3.64. The summed E-state index contributed by atoms with van der Waals surface area (Å²) in [6.45, 7) is 0.813. The number of aliphatic hydroxyl groups excluding tert-OH is 1. The molecular formula is C28H33ClN2O9. The van der Waals surface area contributed by atoms with Crippen molar-refractivity contribution in [2.24, 2.45) is 5.73 Å². The van der Waals surface area contributed by atoms with E-state index in [1.54, 1.807) is 19.2 Å². The molecule has 12 heteroatoms. The van der Waals surface area contributed by atoms with Crippen LogP contribution < -0.4 is 20.6 Å². The van der Waals surface area contributed by atoms with Crippen molar-refractivity contribution in [3.8, 4) is 22.8 Å². The molecule has 1 aliphatic rings. The highest BCUT2D eigenvalue weighted by Crippen LogP contribution is 2.45. The van der Waals surface area contributed by atoms with E-state index >= 15 is 0 Å². The maximum absolute atomic E-state index is 13.2. The van der Waals surface area contributed by atoms with Gasteiger partial charge in [0.05, 0.1) is 25.8 Å². The molecule has 3 aromatic rings. The van der Waals surface area contributed by atoms with Crippen LogP contribution in [0.25, 0.3) is 22.3 Å². The Kier molecular flexibility index (Phi) is 10.5. The van der Waals surface area contributed by atoms with E-state index in [0.717, 1.165) is 18.5 Å². The Morgan fingerprint density at radius 1 is 1.18 bits per heavy atom. The largest absolute Gasteiger partial charge is 0.496 e. The van der Waals surface area contributed by atoms with Crippen molar-refractivity contribution in [2.75, 3.05) is 34.4 Å². The van der Waals surface area contributed by atoms with Crippen LogP contribution in [-0.4, -0.2) is 78.7 Å². The molecule has 5 N–H and O–H groups in total. The monoisotopic (exact) mass is 576 g/mol. The number of halogens is 1. The van der Waals surface area contributed by atoms with Gasteiger partial charge in [-0.2, -0.15) is 0 Å². The van der Waals surface area contributed by atoms with Crippen LogP contribution in [0.4, 0.5) is 0 Å². The molecule has 40 heavy (non-hydrogen) atoms. The second-order valence-corrected chi connectivity index (χ2v) is 9.76. The van der Waals surface area contributed by atoms with Crippen LogP contribution in [0.3, 0.4) is 0 Å². The van der Waals surface area contributed by atoms with E-state index in [0.29, 0.717) is 38.8 Å². The first-order valence-corrected chi connectivity index (χ1v) is 12.9. The number of nitrogens with zero attached hydrogens (tertiary/aromatic N) is 1. The van der Waals surface area contributed by atoms with Gasteiger partial charge in [0.15, 0.2) is 5.43 Å². The molecule has 3 atom stereocenters. The Balaban J connectivity index is 0.000000378. The number of likely N-dealkylation sites (N-methyl/N-ethyl adjacent to an activating group) is 1. The summed E-state index contributed by atoms with van der Waals surface area (Å²) in [5, 5.41) is 27.1. The molecule has 216 valence electrons. The number of ether oxygens (including phenoxy) is 2. The quantitative estimate of drug-likeness (QED) is 0.294. The van der Waals surface area contributed by atoms with Crippen molar-refractivity contribution in [2.45, 2.75) is 37.3 Å². The van der Waals surface area contributed by atoms with Gasteiger partial charge in [-0.25, -0.2) is 0 Å². The van der Waals surface area contributed by atoms with Gasteiger partial charge >= 0.3 is 11.9 Å². The van der Waals surface area contributed by atoms with Gasteiger partial charge in [0.1, 0.15) is 34.3 Å². The minimum absolute atomic E-state index is 0.00766. The fourth-order valence-electron chi connectivity index (χ4n) is 4.79. The van der Waals surface area contributed by atoms with Crippen LogP contribution in [0.1, 0.15) is 30.7 Å². The van der Waals surface area contributed by atoms with E-state index in [1.807, 2.05) is 25.2 Å². The third kappa shape index (κ3) is 6.73. The van der Waals surface area contributed by atoms with Gasteiger partial charge in [0.25, 0.3) is 0 Å². The second kappa shape index (κ2) is 13.6. The maximum atomic E-state index is 13.2. The Morgan fingerprint density at radius 2 is 1.85 bits per heavy atom. The van der Waals surface area contributed by atoms with Crippen LogP contribution in [0.5, 0.6) is 11.5 Å². The van der Waals surface area contributed by atoms with E-state index in [-0.39, 0.29) is 36.8 Å². The third-order valence-corrected chi connectivity index (χ3v) is 7.24. The minimum atomic E-state index is -1.17. The molecule has 0 amide bonds. The fraction of sp³-hybridized carbons (Fsp3) is 0.393. The molecule has 0 unspecified atom stereocenters. The summed E-state index contributed by atoms with van der Waals surface area (Å²) in [7, 11) is 5.06. The molecule has 1 aliphatic heterocycles. The zero-order chi connectivity index (χ0) is 29.6. The highest BCUT2D eigenvalue weighted by molar-refractivity contribution is 6.33. The highest BCUT2D eigenvalue weighted by atomic mass is 35.5. The fourth-order valence-corrected chi connectivity index (χ4v) is 5.01. The molecule has 1 aromatic heterocycles. The molecule has 0 bridgehead atoms. The van der Waals surface area contributed by atoms with E-state index in [2.05, 4.69) is 4.90 Å². The lowest BCUT2D eigenvalue weighted by molar-refractivity contribution is -0.139. The highest BCUT2D eigenvalue weighted by Gasteiger charge is 2.37. The molecule has 0 radical (unpaired) electrons. The number of likely N-dealkylation sites (tertiary alicyclic amines) is 1. The van der Waals surface area contributed by atoms with Crippen molar-refractivity contribution in [3.05, 3.63) is 57.2 Å². The average molecular weight is 577 g/mol. The number of carboxylic acids is 2. The molecule has 2 heterocycles. The topological polar surface area (TPSA) is 173 Å². The number of hydrogen-bond acceptors (Lipinski definition) is 9. The van der Waals surface area contributed by atoms with Gasteiger partial charge in [-0.1, -0.05) is 23.7 Å². The Morgan fingerprint density at radius 3 is 2.42 bits per heavy atom. The van der Waals surface area contributed by atoms with E-state index in [1.165, 1.54) is 13.2 Å². The number of carbonyl (C=O) groups is 2. The molecular weight excluding hydrogens is 544 g/mol. The molecule has 0 aliphatic carbocycles. The number of aliphatic carboxylic acids is 2. The number of benzene rings is 2. The lowest BCUT2D eigenvalue weighted by atomic mass is 9.89. The van der Waals surface area contributed by atoms with Crippen molar-refractivity contribution >= 4 is 34.5 Å². The number of methoxy groups -OCH3 is 2. The van der Waals surface area contributed by atoms with Crippen molar-refractivity contribution < 1.29 is 38.8 Å². The summed E-state index contributed by atoms with van der Waals surface area (Å²) in [4.78, 5) is 35.1. The smallest absolute Gasteiger partial charge is 0.320 e. The zero-order valence-electron chi connectivity index (χ0n) is 22.4. The summed E-state index contributed by atoms with van der Waals surface area (Å²) in [5.74, 6) is -0.929. The van der Waals surface area contributed by atoms with Crippen LogP contribution in [0, 0.1) is 0 Å². The van der Waals surface area contributed by atoms with Crippen LogP contribution in [0.2, 0.25) is 5.02 Å². The molecule has 11 nitrogen and oxygen atoms in total. The van der Waals surface area contributed by atoms with E-state index in [9.17, 15) is 19.5 Å². The third-order valence-electron chi connectivity index (χ3n) is 6.91. The number of carboxylic acid groups (broad SMARTS) is 2. The maximum Gasteiger partial charge on any atom is 0.320 e. The van der Waals surface area contributed by atoms with Gasteiger partial charge in [0.2, 0.25) is 0 Å². The lowest BCUT2D eigenvalue weighted by Gasteiger charge is -2.25. The van der Waals surface area contributed by atoms with Gasteiger partial charge < -0.3 is 39.8 Å². The number of hydrogen-bond donors (Lipinski definition) is 4. The summed E-state index contributed by atoms with van der Waals surface area (Å²) >= 11 is 6.36. The first-order chi connectivity index (χ1) is 19.0. The van der Waals surface area contributed by atoms with Crippen molar-refractivity contribution in [1.29, 1.82) is 0 Å². The number of rotatable bonds is 9. The molecule has 2 aromatic carbocycles. The van der Waals surface area contributed by atoms with Gasteiger partial charge in [-0.15, -0.1) is 0 Å². The van der Waals surface area contributed by atoms with E-state index < -0.39 is 18.0 Å². The molecule has 1 fully saturated rings. The molecule has 1 saturated heterocycles. The number of nitrogens with two attached hydrogens (primary N) is 1. The first-order valence-electron chi connectivity index (χ1n) is 12.5. The lowest BCUT2D eigenvalue weighted by Crippen LogP contribution is -2.32. The summed E-state index contributed by atoms with van der Waals surface area (Å²) in [6.07, 6.45) is 0.581. The number of aliphatic hydroxyl groups is 1. The summed E-state index contributed by atoms with van der Waals surface area (Å²) in [5.41, 5.74) is 6.59.